The smallest absolute Gasteiger partial charge is 0.321 e. The lowest BCUT2D eigenvalue weighted by atomic mass is 10.1. The Kier molecular flexibility index (Phi) is 3.93. The lowest BCUT2D eigenvalue weighted by Crippen LogP contribution is -2.15. The van der Waals surface area contributed by atoms with E-state index >= 15 is 0 Å². The first-order valence-corrected chi connectivity index (χ1v) is 5.87. The molecule has 1 amide bonds. The van der Waals surface area contributed by atoms with Crippen LogP contribution in [0.2, 0.25) is 0 Å². The zero-order valence-electron chi connectivity index (χ0n) is 10.8. The number of rotatable bonds is 2. The van der Waals surface area contributed by atoms with Gasteiger partial charge in [-0.25, -0.2) is 4.39 Å². The Labute approximate surface area is 117 Å². The van der Waals surface area contributed by atoms with E-state index in [4.69, 9.17) is 0 Å². The van der Waals surface area contributed by atoms with Gasteiger partial charge in [0, 0.05) is 11.8 Å². The summed E-state index contributed by atoms with van der Waals surface area (Å²) in [4.78, 5) is 15.7. The molecule has 1 N–H and O–H groups in total. The van der Waals surface area contributed by atoms with Gasteiger partial charge in [-0.05, 0) is 36.8 Å². The van der Waals surface area contributed by atoms with Gasteiger partial charge in [-0.15, -0.1) is 0 Å². The number of hydrogen-bond acceptors (Lipinski definition) is 2. The Bertz CT molecular complexity index is 683. The maximum atomic E-state index is 13.1. The minimum absolute atomic E-state index is 0.287. The second-order valence-corrected chi connectivity index (χ2v) is 4.40. The largest absolute Gasteiger partial charge is 0.419 e. The number of nitrogens with zero attached hydrogens (tertiary/aromatic N) is 1. The predicted molar refractivity (Wildman–Crippen MR) is 68.3 cm³/mol. The van der Waals surface area contributed by atoms with Crippen molar-refractivity contribution in [1.29, 1.82) is 0 Å². The average molecular weight is 298 g/mol. The highest BCUT2D eigenvalue weighted by atomic mass is 19.4. The van der Waals surface area contributed by atoms with E-state index in [1.165, 1.54) is 6.20 Å². The van der Waals surface area contributed by atoms with E-state index in [-0.39, 0.29) is 5.56 Å². The van der Waals surface area contributed by atoms with Crippen molar-refractivity contribution in [2.45, 2.75) is 13.1 Å². The van der Waals surface area contributed by atoms with Gasteiger partial charge in [0.15, 0.2) is 0 Å². The normalized spacial score (nSPS) is 11.3. The Morgan fingerprint density at radius 1 is 1.19 bits per heavy atom. The van der Waals surface area contributed by atoms with Crippen molar-refractivity contribution >= 4 is 11.6 Å². The number of pyridine rings is 1. The molecule has 0 spiro atoms. The number of halogens is 4. The molecule has 0 aliphatic heterocycles. The summed E-state index contributed by atoms with van der Waals surface area (Å²) in [5.74, 6) is -2.19. The monoisotopic (exact) mass is 298 g/mol. The predicted octanol–water partition coefficient (Wildman–Crippen LogP) is 3.80. The van der Waals surface area contributed by atoms with Crippen LogP contribution in [0.1, 0.15) is 21.5 Å². The molecule has 110 valence electrons. The van der Waals surface area contributed by atoms with Crippen LogP contribution in [0.3, 0.4) is 0 Å². The van der Waals surface area contributed by atoms with Crippen molar-refractivity contribution in [2.75, 3.05) is 5.32 Å². The fourth-order valence-corrected chi connectivity index (χ4v) is 1.71. The Hall–Kier alpha value is -2.44. The first-order chi connectivity index (χ1) is 9.77. The Morgan fingerprint density at radius 2 is 1.90 bits per heavy atom. The van der Waals surface area contributed by atoms with Gasteiger partial charge in [-0.1, -0.05) is 0 Å². The number of hydrogen-bond donors (Lipinski definition) is 1. The molecule has 1 aromatic heterocycles. The summed E-state index contributed by atoms with van der Waals surface area (Å²) in [6, 6.07) is 3.70. The number of aromatic nitrogens is 1. The van der Waals surface area contributed by atoms with E-state index in [0.717, 1.165) is 11.6 Å². The van der Waals surface area contributed by atoms with Crippen molar-refractivity contribution in [3.8, 4) is 0 Å². The highest BCUT2D eigenvalue weighted by molar-refractivity contribution is 6.04. The first kappa shape index (κ1) is 15.0. The fourth-order valence-electron chi connectivity index (χ4n) is 1.71. The highest BCUT2D eigenvalue weighted by Gasteiger charge is 2.34. The maximum Gasteiger partial charge on any atom is 0.419 e. The van der Waals surface area contributed by atoms with Gasteiger partial charge in [0.2, 0.25) is 0 Å². The lowest BCUT2D eigenvalue weighted by Gasteiger charge is -2.10. The molecule has 0 aliphatic carbocycles. The van der Waals surface area contributed by atoms with Crippen LogP contribution >= 0.6 is 0 Å². The molecule has 0 unspecified atom stereocenters. The van der Waals surface area contributed by atoms with Crippen molar-refractivity contribution in [3.63, 3.8) is 0 Å². The van der Waals surface area contributed by atoms with Crippen molar-refractivity contribution in [1.82, 2.24) is 4.98 Å². The van der Waals surface area contributed by atoms with Gasteiger partial charge < -0.3 is 5.32 Å². The minimum atomic E-state index is -4.86. The summed E-state index contributed by atoms with van der Waals surface area (Å²) in [5, 5.41) is 2.41. The van der Waals surface area contributed by atoms with Gasteiger partial charge in [0.1, 0.15) is 5.82 Å². The number of benzene rings is 1. The van der Waals surface area contributed by atoms with Crippen molar-refractivity contribution in [3.05, 3.63) is 59.2 Å². The lowest BCUT2D eigenvalue weighted by molar-refractivity contribution is -0.140. The van der Waals surface area contributed by atoms with E-state index < -0.39 is 23.5 Å². The van der Waals surface area contributed by atoms with Crippen LogP contribution < -0.4 is 5.32 Å². The second kappa shape index (κ2) is 5.51. The summed E-state index contributed by atoms with van der Waals surface area (Å²) in [6.45, 7) is 1.75. The summed E-state index contributed by atoms with van der Waals surface area (Å²) in [5.41, 5.74) is -0.636. The zero-order chi connectivity index (χ0) is 15.6. The number of alkyl halides is 3. The summed E-state index contributed by atoms with van der Waals surface area (Å²) in [7, 11) is 0. The summed E-state index contributed by atoms with van der Waals surface area (Å²) >= 11 is 0. The van der Waals surface area contributed by atoms with Crippen molar-refractivity contribution < 1.29 is 22.4 Å². The van der Waals surface area contributed by atoms with E-state index in [1.54, 1.807) is 19.2 Å². The van der Waals surface area contributed by atoms with Crippen LogP contribution in [0.4, 0.5) is 23.2 Å². The van der Waals surface area contributed by atoms with E-state index in [0.29, 0.717) is 17.8 Å². The number of nitrogens with one attached hydrogen (secondary N) is 1. The minimum Gasteiger partial charge on any atom is -0.321 e. The second-order valence-electron chi connectivity index (χ2n) is 4.40. The zero-order valence-corrected chi connectivity index (χ0v) is 10.8. The quantitative estimate of drug-likeness (QED) is 0.857. The van der Waals surface area contributed by atoms with Crippen LogP contribution in [0.15, 0.2) is 36.7 Å². The van der Waals surface area contributed by atoms with E-state index in [2.05, 4.69) is 10.3 Å². The van der Waals surface area contributed by atoms with Gasteiger partial charge >= 0.3 is 6.18 Å². The number of anilines is 1. The summed E-state index contributed by atoms with van der Waals surface area (Å²) in [6.07, 6.45) is -1.93. The van der Waals surface area contributed by atoms with Gasteiger partial charge in [0.05, 0.1) is 17.4 Å². The molecule has 0 saturated heterocycles. The third-order valence-electron chi connectivity index (χ3n) is 2.67. The first-order valence-electron chi connectivity index (χ1n) is 5.87. The van der Waals surface area contributed by atoms with Crippen LogP contribution in [-0.4, -0.2) is 10.9 Å². The van der Waals surface area contributed by atoms with Crippen LogP contribution in [0.5, 0.6) is 0 Å². The van der Waals surface area contributed by atoms with Gasteiger partial charge in [-0.3, -0.25) is 9.78 Å². The van der Waals surface area contributed by atoms with E-state index in [1.807, 2.05) is 0 Å². The molecule has 21 heavy (non-hydrogen) atoms. The molecule has 0 atom stereocenters. The molecule has 2 aromatic rings. The molecule has 0 radical (unpaired) electrons. The molecule has 1 aromatic carbocycles. The van der Waals surface area contributed by atoms with Gasteiger partial charge in [0.25, 0.3) is 5.91 Å². The molecule has 0 bridgehead atoms. The third kappa shape index (κ3) is 3.56. The number of aryl methyl sites for hydroxylation is 1. The number of carbonyl (C=O) groups is 1. The number of carbonyl (C=O) groups excluding carboxylic acids is 1. The SMILES string of the molecule is Cc1cncc(NC(=O)c2ccc(F)c(C(F)(F)F)c2)c1. The molecular weight excluding hydrogens is 288 g/mol. The molecule has 3 nitrogen and oxygen atoms in total. The standard InChI is InChI=1S/C14H10F4N2O/c1-8-4-10(7-19-6-8)20-13(21)9-2-3-12(15)11(5-9)14(16,17)18/h2-7H,1H3,(H,20,21). The topological polar surface area (TPSA) is 42.0 Å². The Balaban J connectivity index is 2.28. The van der Waals surface area contributed by atoms with Crippen molar-refractivity contribution in [2.24, 2.45) is 0 Å². The average Bonchev–Trinajstić information content (AvgIpc) is 2.37. The molecule has 0 saturated carbocycles. The maximum absolute atomic E-state index is 13.1. The van der Waals surface area contributed by atoms with Crippen LogP contribution in [0, 0.1) is 12.7 Å². The highest BCUT2D eigenvalue weighted by Crippen LogP contribution is 2.32. The molecule has 7 heteroatoms. The third-order valence-corrected chi connectivity index (χ3v) is 2.67. The molecule has 0 fully saturated rings. The van der Waals surface area contributed by atoms with Crippen LogP contribution in [0.25, 0.3) is 0 Å². The molecule has 0 aliphatic rings. The van der Waals surface area contributed by atoms with Gasteiger partial charge in [-0.2, -0.15) is 13.2 Å². The Morgan fingerprint density at radius 3 is 2.52 bits per heavy atom. The fraction of sp³-hybridized carbons (Fsp3) is 0.143. The molecule has 1 heterocycles. The summed E-state index contributed by atoms with van der Waals surface area (Å²) < 4.78 is 50.9. The molecule has 2 rings (SSSR count). The number of amides is 1. The van der Waals surface area contributed by atoms with Crippen LogP contribution in [-0.2, 0) is 6.18 Å². The van der Waals surface area contributed by atoms with E-state index in [9.17, 15) is 22.4 Å². The molecular formula is C14H10F4N2O.